The van der Waals surface area contributed by atoms with E-state index in [1.54, 1.807) is 12.1 Å². The summed E-state index contributed by atoms with van der Waals surface area (Å²) < 4.78 is 2.32. The van der Waals surface area contributed by atoms with Crippen molar-refractivity contribution < 1.29 is 15.0 Å². The molecule has 1 aliphatic carbocycles. The summed E-state index contributed by atoms with van der Waals surface area (Å²) in [5.74, 6) is 0.369. The van der Waals surface area contributed by atoms with Gasteiger partial charge in [0.05, 0.1) is 11.2 Å². The van der Waals surface area contributed by atoms with Crippen LogP contribution >= 0.6 is 0 Å². The molecule has 0 radical (unpaired) electrons. The van der Waals surface area contributed by atoms with E-state index in [1.165, 1.54) is 4.90 Å². The van der Waals surface area contributed by atoms with Crippen molar-refractivity contribution in [1.82, 2.24) is 19.7 Å². The first kappa shape index (κ1) is 16.1. The molecular weight excluding hydrogens is 344 g/mol. The standard InChI is InChI=1S/C20H20N4O3/c25-19-4-2-1-3-14(19)15-9-18-16(22-21-15)10-17(24(18)13-5-6-13)12-7-8-23(11-12)20(26)27/h1-4,9-10,12-13,25H,5-8,11H2,(H,26,27). The zero-order chi connectivity index (χ0) is 18.5. The summed E-state index contributed by atoms with van der Waals surface area (Å²) in [6.45, 7) is 1.10. The third kappa shape index (κ3) is 2.70. The summed E-state index contributed by atoms with van der Waals surface area (Å²) in [7, 11) is 0. The highest BCUT2D eigenvalue weighted by Crippen LogP contribution is 2.43. The summed E-state index contributed by atoms with van der Waals surface area (Å²) in [5, 5.41) is 28.1. The summed E-state index contributed by atoms with van der Waals surface area (Å²) in [6.07, 6.45) is 2.23. The molecule has 1 atom stereocenters. The van der Waals surface area contributed by atoms with Gasteiger partial charge in [-0.05, 0) is 43.5 Å². The number of hydrogen-bond donors (Lipinski definition) is 2. The summed E-state index contributed by atoms with van der Waals surface area (Å²) in [5.41, 5.74) is 4.29. The van der Waals surface area contributed by atoms with Crippen LogP contribution in [-0.4, -0.2) is 49.1 Å². The number of amides is 1. The number of fused-ring (bicyclic) bond motifs is 1. The number of para-hydroxylation sites is 1. The van der Waals surface area contributed by atoms with Crippen LogP contribution in [0.15, 0.2) is 36.4 Å². The molecule has 1 aromatic carbocycles. The lowest BCUT2D eigenvalue weighted by Crippen LogP contribution is -2.26. The van der Waals surface area contributed by atoms with Crippen LogP contribution in [0.5, 0.6) is 5.75 Å². The van der Waals surface area contributed by atoms with Gasteiger partial charge < -0.3 is 19.7 Å². The van der Waals surface area contributed by atoms with E-state index in [9.17, 15) is 15.0 Å². The molecule has 27 heavy (non-hydrogen) atoms. The molecule has 0 bridgehead atoms. The van der Waals surface area contributed by atoms with Crippen LogP contribution in [0.2, 0.25) is 0 Å². The Kier molecular flexibility index (Phi) is 3.56. The fourth-order valence-corrected chi connectivity index (χ4v) is 4.09. The van der Waals surface area contributed by atoms with Crippen LogP contribution in [0.25, 0.3) is 22.3 Å². The van der Waals surface area contributed by atoms with Gasteiger partial charge in [-0.15, -0.1) is 10.2 Å². The van der Waals surface area contributed by atoms with Crippen molar-refractivity contribution >= 4 is 17.1 Å². The lowest BCUT2D eigenvalue weighted by Gasteiger charge is -2.16. The topological polar surface area (TPSA) is 91.5 Å². The molecule has 1 saturated carbocycles. The molecule has 138 valence electrons. The lowest BCUT2D eigenvalue weighted by molar-refractivity contribution is 0.155. The van der Waals surface area contributed by atoms with Crippen LogP contribution in [0.1, 0.15) is 36.9 Å². The van der Waals surface area contributed by atoms with Gasteiger partial charge >= 0.3 is 6.09 Å². The number of rotatable bonds is 3. The predicted molar refractivity (Wildman–Crippen MR) is 99.9 cm³/mol. The molecule has 7 nitrogen and oxygen atoms in total. The van der Waals surface area contributed by atoms with Crippen molar-refractivity contribution in [3.63, 3.8) is 0 Å². The summed E-state index contributed by atoms with van der Waals surface area (Å²) >= 11 is 0. The highest BCUT2D eigenvalue weighted by atomic mass is 16.4. The molecule has 7 heteroatoms. The number of phenols is 1. The molecule has 1 saturated heterocycles. The van der Waals surface area contributed by atoms with E-state index < -0.39 is 6.09 Å². The second kappa shape index (κ2) is 5.97. The van der Waals surface area contributed by atoms with Crippen molar-refractivity contribution in [1.29, 1.82) is 0 Å². The average Bonchev–Trinajstić information content (AvgIpc) is 3.24. The van der Waals surface area contributed by atoms with E-state index in [1.807, 2.05) is 18.2 Å². The predicted octanol–water partition coefficient (Wildman–Crippen LogP) is 3.61. The molecule has 1 aliphatic heterocycles. The van der Waals surface area contributed by atoms with Gasteiger partial charge in [0, 0.05) is 36.3 Å². The van der Waals surface area contributed by atoms with E-state index in [0.717, 1.165) is 36.0 Å². The van der Waals surface area contributed by atoms with Gasteiger partial charge in [-0.2, -0.15) is 0 Å². The largest absolute Gasteiger partial charge is 0.507 e. The number of aromatic nitrogens is 3. The van der Waals surface area contributed by atoms with Gasteiger partial charge in [-0.1, -0.05) is 12.1 Å². The summed E-state index contributed by atoms with van der Waals surface area (Å²) in [4.78, 5) is 12.8. The van der Waals surface area contributed by atoms with Crippen LogP contribution in [0, 0.1) is 0 Å². The highest BCUT2D eigenvalue weighted by Gasteiger charge is 2.34. The number of benzene rings is 1. The van der Waals surface area contributed by atoms with Crippen molar-refractivity contribution in [2.45, 2.75) is 31.2 Å². The van der Waals surface area contributed by atoms with Crippen molar-refractivity contribution in [2.75, 3.05) is 13.1 Å². The van der Waals surface area contributed by atoms with E-state index in [0.29, 0.717) is 30.4 Å². The Morgan fingerprint density at radius 2 is 1.93 bits per heavy atom. The Hall–Kier alpha value is -3.09. The van der Waals surface area contributed by atoms with Crippen molar-refractivity contribution in [2.24, 2.45) is 0 Å². The molecule has 3 aromatic rings. The first-order valence-electron chi connectivity index (χ1n) is 9.26. The first-order valence-corrected chi connectivity index (χ1v) is 9.26. The maximum Gasteiger partial charge on any atom is 0.407 e. The summed E-state index contributed by atoms with van der Waals surface area (Å²) in [6, 6.07) is 11.6. The van der Waals surface area contributed by atoms with E-state index in [-0.39, 0.29) is 11.7 Å². The fourth-order valence-electron chi connectivity index (χ4n) is 4.09. The Morgan fingerprint density at radius 1 is 1.11 bits per heavy atom. The zero-order valence-corrected chi connectivity index (χ0v) is 14.7. The van der Waals surface area contributed by atoms with Crippen LogP contribution < -0.4 is 0 Å². The molecular formula is C20H20N4O3. The van der Waals surface area contributed by atoms with E-state index >= 15 is 0 Å². The third-order valence-electron chi connectivity index (χ3n) is 5.59. The number of hydrogen-bond acceptors (Lipinski definition) is 4. The molecule has 2 aliphatic rings. The monoisotopic (exact) mass is 364 g/mol. The number of aromatic hydroxyl groups is 1. The van der Waals surface area contributed by atoms with Crippen LogP contribution in [0.3, 0.4) is 0 Å². The third-order valence-corrected chi connectivity index (χ3v) is 5.59. The van der Waals surface area contributed by atoms with Gasteiger partial charge in [-0.3, -0.25) is 0 Å². The highest BCUT2D eigenvalue weighted by molar-refractivity contribution is 5.82. The molecule has 2 aromatic heterocycles. The Bertz CT molecular complexity index is 1040. The van der Waals surface area contributed by atoms with Gasteiger partial charge in [0.25, 0.3) is 0 Å². The van der Waals surface area contributed by atoms with Crippen LogP contribution in [0.4, 0.5) is 4.79 Å². The Morgan fingerprint density at radius 3 is 2.63 bits per heavy atom. The SMILES string of the molecule is O=C(O)N1CCC(c2cc3nnc(-c4ccccc4O)cc3n2C2CC2)C1. The molecule has 1 amide bonds. The minimum absolute atomic E-state index is 0.184. The Labute approximate surface area is 155 Å². The second-order valence-electron chi connectivity index (χ2n) is 7.40. The second-order valence-corrected chi connectivity index (χ2v) is 7.40. The fraction of sp³-hybridized carbons (Fsp3) is 0.350. The lowest BCUT2D eigenvalue weighted by atomic mass is 10.1. The number of nitrogens with zero attached hydrogens (tertiary/aromatic N) is 4. The Balaban J connectivity index is 1.61. The van der Waals surface area contributed by atoms with Gasteiger partial charge in [0.2, 0.25) is 0 Å². The molecule has 2 N–H and O–H groups in total. The van der Waals surface area contributed by atoms with Gasteiger partial charge in [0.15, 0.2) is 0 Å². The average molecular weight is 364 g/mol. The van der Waals surface area contributed by atoms with Crippen LogP contribution in [-0.2, 0) is 0 Å². The molecule has 2 fully saturated rings. The quantitative estimate of drug-likeness (QED) is 0.741. The first-order chi connectivity index (χ1) is 13.1. The van der Waals surface area contributed by atoms with Gasteiger partial charge in [-0.25, -0.2) is 4.79 Å². The number of likely N-dealkylation sites (tertiary alicyclic amines) is 1. The molecule has 3 heterocycles. The molecule has 1 unspecified atom stereocenters. The molecule has 5 rings (SSSR count). The number of phenolic OH excluding ortho intramolecular Hbond substituents is 1. The van der Waals surface area contributed by atoms with E-state index in [2.05, 4.69) is 20.8 Å². The smallest absolute Gasteiger partial charge is 0.407 e. The minimum Gasteiger partial charge on any atom is -0.507 e. The maximum atomic E-state index is 11.3. The van der Waals surface area contributed by atoms with Crippen molar-refractivity contribution in [3.8, 4) is 17.0 Å². The molecule has 0 spiro atoms. The van der Waals surface area contributed by atoms with E-state index in [4.69, 9.17) is 0 Å². The van der Waals surface area contributed by atoms with Crippen molar-refractivity contribution in [3.05, 3.63) is 42.1 Å². The number of carbonyl (C=O) groups is 1. The number of carboxylic acid groups (broad SMARTS) is 1. The maximum absolute atomic E-state index is 11.3. The van der Waals surface area contributed by atoms with Gasteiger partial charge in [0.1, 0.15) is 11.3 Å². The normalized spacial score (nSPS) is 19.7. The zero-order valence-electron chi connectivity index (χ0n) is 14.7. The minimum atomic E-state index is -0.854.